The number of ether oxygens (including phenoxy) is 1. The number of carbonyl (C=O) groups excluding carboxylic acids is 2. The molecule has 166 valence electrons. The fourth-order valence-corrected chi connectivity index (χ4v) is 4.32. The van der Waals surface area contributed by atoms with E-state index in [2.05, 4.69) is 5.10 Å². The second kappa shape index (κ2) is 9.21. The number of aromatic nitrogens is 2. The lowest BCUT2D eigenvalue weighted by molar-refractivity contribution is -0.134. The Labute approximate surface area is 185 Å². The minimum Gasteiger partial charge on any atom is -0.497 e. The van der Waals surface area contributed by atoms with Crippen molar-refractivity contribution in [3.8, 4) is 5.75 Å². The first-order valence-corrected chi connectivity index (χ1v) is 10.7. The van der Waals surface area contributed by atoms with Gasteiger partial charge in [0.1, 0.15) is 12.3 Å². The zero-order valence-electron chi connectivity index (χ0n) is 18.0. The molecule has 2 heterocycles. The van der Waals surface area contributed by atoms with Crippen LogP contribution >= 0.6 is 0 Å². The molecule has 3 aromatic rings. The summed E-state index contributed by atoms with van der Waals surface area (Å²) in [6.45, 7) is 0.344. The molecule has 8 nitrogen and oxygen atoms in total. The van der Waals surface area contributed by atoms with E-state index >= 15 is 0 Å². The normalized spacial score (nSPS) is 16.5. The average Bonchev–Trinajstić information content (AvgIpc) is 3.07. The van der Waals surface area contributed by atoms with Gasteiger partial charge in [0.15, 0.2) is 5.69 Å². The Bertz CT molecular complexity index is 1200. The van der Waals surface area contributed by atoms with Crippen LogP contribution in [-0.2, 0) is 11.3 Å². The SMILES string of the molecule is COc1ccc([C@@H]2CCCCCN2C(=O)Cn2nc(C(N)=O)c3ccccc3c2=O)cc1. The van der Waals surface area contributed by atoms with E-state index in [1.165, 1.54) is 0 Å². The van der Waals surface area contributed by atoms with Gasteiger partial charge in [0.05, 0.1) is 18.5 Å². The van der Waals surface area contributed by atoms with E-state index in [4.69, 9.17) is 10.5 Å². The highest BCUT2D eigenvalue weighted by molar-refractivity contribution is 6.04. The Balaban J connectivity index is 1.68. The summed E-state index contributed by atoms with van der Waals surface area (Å²) >= 11 is 0. The molecular weight excluding hydrogens is 408 g/mol. The van der Waals surface area contributed by atoms with E-state index < -0.39 is 11.5 Å². The summed E-state index contributed by atoms with van der Waals surface area (Å²) in [4.78, 5) is 40.1. The molecule has 0 spiro atoms. The maximum Gasteiger partial charge on any atom is 0.275 e. The predicted octanol–water partition coefficient (Wildman–Crippen LogP) is 2.65. The first-order valence-electron chi connectivity index (χ1n) is 10.7. The zero-order chi connectivity index (χ0) is 22.7. The van der Waals surface area contributed by atoms with Gasteiger partial charge in [0.25, 0.3) is 11.5 Å². The molecule has 1 saturated heterocycles. The van der Waals surface area contributed by atoms with Gasteiger partial charge in [-0.25, -0.2) is 4.68 Å². The number of nitrogens with zero attached hydrogens (tertiary/aromatic N) is 3. The van der Waals surface area contributed by atoms with Crippen molar-refractivity contribution < 1.29 is 14.3 Å². The number of benzene rings is 2. The molecule has 1 aromatic heterocycles. The number of primary amides is 1. The van der Waals surface area contributed by atoms with Crippen molar-refractivity contribution in [3.63, 3.8) is 0 Å². The Morgan fingerprint density at radius 2 is 1.78 bits per heavy atom. The van der Waals surface area contributed by atoms with E-state index in [1.807, 2.05) is 29.2 Å². The lowest BCUT2D eigenvalue weighted by Gasteiger charge is -2.30. The van der Waals surface area contributed by atoms with Crippen molar-refractivity contribution in [2.24, 2.45) is 5.73 Å². The number of nitrogens with two attached hydrogens (primary N) is 1. The molecule has 1 aliphatic heterocycles. The topological polar surface area (TPSA) is 108 Å². The molecule has 8 heteroatoms. The maximum absolute atomic E-state index is 13.4. The first kappa shape index (κ1) is 21.5. The summed E-state index contributed by atoms with van der Waals surface area (Å²) in [6.07, 6.45) is 3.78. The van der Waals surface area contributed by atoms with Gasteiger partial charge in [-0.3, -0.25) is 14.4 Å². The van der Waals surface area contributed by atoms with Crippen LogP contribution in [0.5, 0.6) is 5.75 Å². The second-order valence-electron chi connectivity index (χ2n) is 7.95. The molecule has 0 unspecified atom stereocenters. The van der Waals surface area contributed by atoms with Gasteiger partial charge in [0, 0.05) is 11.9 Å². The third kappa shape index (κ3) is 4.21. The number of carbonyl (C=O) groups is 2. The zero-order valence-corrected chi connectivity index (χ0v) is 18.0. The highest BCUT2D eigenvalue weighted by Crippen LogP contribution is 2.31. The summed E-state index contributed by atoms with van der Waals surface area (Å²) < 4.78 is 6.30. The standard InChI is InChI=1S/C24H26N4O4/c1-32-17-12-10-16(11-13-17)20-9-3-2-6-14-27(20)21(29)15-28-24(31)19-8-5-4-7-18(19)22(26-28)23(25)30/h4-5,7-8,10-13,20H,2-3,6,9,14-15H2,1H3,(H2,25,30)/t20-/m0/s1. The summed E-state index contributed by atoms with van der Waals surface area (Å²) in [5.74, 6) is -0.201. The first-order chi connectivity index (χ1) is 15.5. The largest absolute Gasteiger partial charge is 0.497 e. The van der Waals surface area contributed by atoms with Gasteiger partial charge in [-0.1, -0.05) is 43.2 Å². The molecule has 1 fully saturated rings. The lowest BCUT2D eigenvalue weighted by atomic mass is 10.0. The molecule has 0 radical (unpaired) electrons. The third-order valence-corrected chi connectivity index (χ3v) is 5.96. The third-order valence-electron chi connectivity index (χ3n) is 5.96. The van der Waals surface area contributed by atoms with Gasteiger partial charge < -0.3 is 15.4 Å². The van der Waals surface area contributed by atoms with Crippen molar-refractivity contribution in [2.45, 2.75) is 38.3 Å². The molecule has 0 saturated carbocycles. The molecule has 0 aliphatic carbocycles. The van der Waals surface area contributed by atoms with Crippen LogP contribution in [0.3, 0.4) is 0 Å². The predicted molar refractivity (Wildman–Crippen MR) is 120 cm³/mol. The molecule has 4 rings (SSSR count). The summed E-state index contributed by atoms with van der Waals surface area (Å²) in [7, 11) is 1.62. The van der Waals surface area contributed by atoms with Gasteiger partial charge in [-0.15, -0.1) is 0 Å². The molecule has 2 N–H and O–H groups in total. The smallest absolute Gasteiger partial charge is 0.275 e. The molecule has 2 amide bonds. The van der Waals surface area contributed by atoms with Crippen LogP contribution in [0.4, 0.5) is 0 Å². The Kier molecular flexibility index (Phi) is 6.20. The second-order valence-corrected chi connectivity index (χ2v) is 7.95. The van der Waals surface area contributed by atoms with Crippen LogP contribution in [0.25, 0.3) is 10.8 Å². The highest BCUT2D eigenvalue weighted by Gasteiger charge is 2.28. The van der Waals surface area contributed by atoms with E-state index in [1.54, 1.807) is 31.4 Å². The van der Waals surface area contributed by atoms with E-state index in [0.29, 0.717) is 17.3 Å². The number of rotatable bonds is 5. The van der Waals surface area contributed by atoms with E-state index in [9.17, 15) is 14.4 Å². The molecule has 1 aliphatic rings. The van der Waals surface area contributed by atoms with Crippen LogP contribution in [0.1, 0.15) is 47.8 Å². The average molecular weight is 434 g/mol. The monoisotopic (exact) mass is 434 g/mol. The van der Waals surface area contributed by atoms with Gasteiger partial charge >= 0.3 is 0 Å². The number of fused-ring (bicyclic) bond motifs is 1. The number of hydrogen-bond acceptors (Lipinski definition) is 5. The minimum absolute atomic E-state index is 0.0180. The summed E-state index contributed by atoms with van der Waals surface area (Å²) in [6, 6.07) is 14.3. The Morgan fingerprint density at radius 1 is 1.06 bits per heavy atom. The number of likely N-dealkylation sites (tertiary alicyclic amines) is 1. The number of methoxy groups -OCH3 is 1. The van der Waals surface area contributed by atoms with Crippen molar-refractivity contribution in [2.75, 3.05) is 13.7 Å². The molecule has 2 aromatic carbocycles. The lowest BCUT2D eigenvalue weighted by Crippen LogP contribution is -2.40. The summed E-state index contributed by atoms with van der Waals surface area (Å²) in [5.41, 5.74) is 6.08. The van der Waals surface area contributed by atoms with Crippen LogP contribution in [0, 0.1) is 0 Å². The maximum atomic E-state index is 13.4. The molecular formula is C24H26N4O4. The van der Waals surface area contributed by atoms with Crippen molar-refractivity contribution in [3.05, 3.63) is 70.1 Å². The molecule has 0 bridgehead atoms. The quantitative estimate of drug-likeness (QED) is 0.664. The summed E-state index contributed by atoms with van der Waals surface area (Å²) in [5, 5.41) is 4.84. The molecule has 32 heavy (non-hydrogen) atoms. The van der Waals surface area contributed by atoms with E-state index in [-0.39, 0.29) is 24.2 Å². The number of hydrogen-bond donors (Lipinski definition) is 1. The van der Waals surface area contributed by atoms with Crippen LogP contribution in [-0.4, -0.2) is 40.1 Å². The van der Waals surface area contributed by atoms with Crippen LogP contribution in [0.2, 0.25) is 0 Å². The minimum atomic E-state index is -0.742. The van der Waals surface area contributed by atoms with Gasteiger partial charge in [-0.2, -0.15) is 5.10 Å². The fourth-order valence-electron chi connectivity index (χ4n) is 4.32. The van der Waals surface area contributed by atoms with Crippen molar-refractivity contribution >= 4 is 22.6 Å². The Morgan fingerprint density at radius 3 is 2.47 bits per heavy atom. The molecule has 1 atom stereocenters. The van der Waals surface area contributed by atoms with E-state index in [0.717, 1.165) is 41.7 Å². The van der Waals surface area contributed by atoms with Crippen LogP contribution in [0.15, 0.2) is 53.3 Å². The van der Waals surface area contributed by atoms with Crippen molar-refractivity contribution in [1.82, 2.24) is 14.7 Å². The van der Waals surface area contributed by atoms with Crippen molar-refractivity contribution in [1.29, 1.82) is 0 Å². The fraction of sp³-hybridized carbons (Fsp3) is 0.333. The highest BCUT2D eigenvalue weighted by atomic mass is 16.5. The number of amides is 2. The van der Waals surface area contributed by atoms with Gasteiger partial charge in [0.2, 0.25) is 5.91 Å². The Hall–Kier alpha value is -3.68. The van der Waals surface area contributed by atoms with Gasteiger partial charge in [-0.05, 0) is 36.6 Å². The van der Waals surface area contributed by atoms with Crippen LogP contribution < -0.4 is 16.0 Å².